The van der Waals surface area contributed by atoms with E-state index in [9.17, 15) is 4.79 Å². The molecule has 0 unspecified atom stereocenters. The van der Waals surface area contributed by atoms with Crippen LogP contribution in [0.2, 0.25) is 5.02 Å². The molecule has 0 aliphatic carbocycles. The van der Waals surface area contributed by atoms with Gasteiger partial charge in [0.2, 0.25) is 0 Å². The van der Waals surface area contributed by atoms with Gasteiger partial charge in [0.05, 0.1) is 12.3 Å². The maximum Gasteiger partial charge on any atom is 0.287 e. The number of hydrogen-bond donors (Lipinski definition) is 1. The molecule has 0 radical (unpaired) electrons. The van der Waals surface area contributed by atoms with E-state index in [0.29, 0.717) is 5.75 Å². The summed E-state index contributed by atoms with van der Waals surface area (Å²) in [5.74, 6) is 2.24. The molecule has 1 aromatic carbocycles. The van der Waals surface area contributed by atoms with Crippen LogP contribution in [0.1, 0.15) is 21.9 Å². The van der Waals surface area contributed by atoms with E-state index in [0.717, 1.165) is 22.1 Å². The number of hydrogen-bond acceptors (Lipinski definition) is 5. The van der Waals surface area contributed by atoms with Gasteiger partial charge in [0.15, 0.2) is 12.1 Å². The lowest BCUT2D eigenvalue weighted by Gasteiger charge is -2.13. The van der Waals surface area contributed by atoms with Crippen molar-refractivity contribution in [2.45, 2.75) is 17.8 Å². The first kappa shape index (κ1) is 18.9. The number of nitrogens with one attached hydrogen (secondary N) is 1. The average Bonchev–Trinajstić information content (AvgIpc) is 3.05. The molecule has 0 bridgehead atoms. The summed E-state index contributed by atoms with van der Waals surface area (Å²) in [6, 6.07) is 11.2. The maximum absolute atomic E-state index is 12.0. The Morgan fingerprint density at radius 2 is 2.04 bits per heavy atom. The number of halogens is 1. The Bertz CT molecular complexity index is 658. The topological polar surface area (TPSA) is 60.7 Å². The molecule has 0 atom stereocenters. The zero-order valence-electron chi connectivity index (χ0n) is 13.6. The van der Waals surface area contributed by atoms with E-state index >= 15 is 0 Å². The summed E-state index contributed by atoms with van der Waals surface area (Å²) in [7, 11) is 3.03. The van der Waals surface area contributed by atoms with Crippen LogP contribution in [0.25, 0.3) is 0 Å². The number of furan rings is 1. The van der Waals surface area contributed by atoms with Gasteiger partial charge in [-0.15, -0.1) is 11.8 Å². The number of carbonyl (C=O) groups is 1. The van der Waals surface area contributed by atoms with Crippen LogP contribution in [0.4, 0.5) is 0 Å². The van der Waals surface area contributed by atoms with Gasteiger partial charge in [0.25, 0.3) is 5.91 Å². The first-order chi connectivity index (χ1) is 11.6. The molecule has 2 aromatic rings. The molecule has 2 rings (SSSR count). The van der Waals surface area contributed by atoms with E-state index in [2.05, 4.69) is 5.32 Å². The summed E-state index contributed by atoms with van der Waals surface area (Å²) in [5, 5.41) is 3.43. The van der Waals surface area contributed by atoms with E-state index in [1.807, 2.05) is 30.3 Å². The molecule has 1 heterocycles. The fourth-order valence-corrected chi connectivity index (χ4v) is 3.09. The van der Waals surface area contributed by atoms with Gasteiger partial charge in [-0.1, -0.05) is 23.7 Å². The molecule has 130 valence electrons. The highest BCUT2D eigenvalue weighted by Gasteiger charge is 2.13. The van der Waals surface area contributed by atoms with Crippen LogP contribution >= 0.6 is 23.4 Å². The standard InChI is InChI=1S/C17H20ClNO4S/c1-21-16(22-2)9-19-17(20)15-7-6-14(23-15)11-24-10-12-4-3-5-13(18)8-12/h3-8,16H,9-11H2,1-2H3,(H,19,20). The molecular weight excluding hydrogens is 350 g/mol. The van der Waals surface area contributed by atoms with Gasteiger partial charge in [-0.25, -0.2) is 0 Å². The Balaban J connectivity index is 1.79. The summed E-state index contributed by atoms with van der Waals surface area (Å²) >= 11 is 7.66. The molecule has 1 N–H and O–H groups in total. The van der Waals surface area contributed by atoms with E-state index in [4.69, 9.17) is 25.5 Å². The van der Waals surface area contributed by atoms with E-state index in [-0.39, 0.29) is 18.2 Å². The van der Waals surface area contributed by atoms with Crippen molar-refractivity contribution in [3.63, 3.8) is 0 Å². The Morgan fingerprint density at radius 1 is 1.25 bits per heavy atom. The molecule has 24 heavy (non-hydrogen) atoms. The lowest BCUT2D eigenvalue weighted by molar-refractivity contribution is -0.0975. The molecule has 1 aromatic heterocycles. The molecule has 0 saturated carbocycles. The minimum atomic E-state index is -0.475. The van der Waals surface area contributed by atoms with Crippen LogP contribution in [0.3, 0.4) is 0 Å². The van der Waals surface area contributed by atoms with Crippen molar-refractivity contribution in [1.29, 1.82) is 0 Å². The smallest absolute Gasteiger partial charge is 0.287 e. The van der Waals surface area contributed by atoms with Gasteiger partial charge in [-0.05, 0) is 29.8 Å². The predicted octanol–water partition coefficient (Wildman–Crippen LogP) is 3.72. The molecule has 0 spiro atoms. The Hall–Kier alpha value is -1.47. The highest BCUT2D eigenvalue weighted by atomic mass is 35.5. The highest BCUT2D eigenvalue weighted by Crippen LogP contribution is 2.21. The number of carbonyl (C=O) groups excluding carboxylic acids is 1. The number of rotatable bonds is 9. The number of ether oxygens (including phenoxy) is 2. The quantitative estimate of drug-likeness (QED) is 0.683. The zero-order chi connectivity index (χ0) is 17.4. The summed E-state index contributed by atoms with van der Waals surface area (Å²) in [6.45, 7) is 0.255. The Labute approximate surface area is 150 Å². The summed E-state index contributed by atoms with van der Waals surface area (Å²) < 4.78 is 15.6. The Kier molecular flexibility index (Phi) is 7.65. The third-order valence-electron chi connectivity index (χ3n) is 3.24. The van der Waals surface area contributed by atoms with E-state index in [1.54, 1.807) is 17.8 Å². The molecule has 7 heteroatoms. The van der Waals surface area contributed by atoms with Gasteiger partial charge in [0.1, 0.15) is 5.76 Å². The second-order valence-electron chi connectivity index (χ2n) is 5.00. The van der Waals surface area contributed by atoms with Crippen LogP contribution in [-0.2, 0) is 21.0 Å². The Morgan fingerprint density at radius 3 is 2.75 bits per heavy atom. The summed E-state index contributed by atoms with van der Waals surface area (Å²) in [5.41, 5.74) is 1.15. The molecule has 1 amide bonds. The SMILES string of the molecule is COC(CNC(=O)c1ccc(CSCc2cccc(Cl)c2)o1)OC. The van der Waals surface area contributed by atoms with E-state index in [1.165, 1.54) is 14.2 Å². The van der Waals surface area contributed by atoms with Crippen LogP contribution in [-0.4, -0.2) is 33.0 Å². The van der Waals surface area contributed by atoms with Crippen molar-refractivity contribution in [1.82, 2.24) is 5.32 Å². The number of thioether (sulfide) groups is 1. The van der Waals surface area contributed by atoms with Crippen molar-refractivity contribution >= 4 is 29.3 Å². The predicted molar refractivity (Wildman–Crippen MR) is 95.3 cm³/mol. The molecule has 0 fully saturated rings. The van der Waals surface area contributed by atoms with Crippen LogP contribution in [0.5, 0.6) is 0 Å². The number of benzene rings is 1. The lowest BCUT2D eigenvalue weighted by Crippen LogP contribution is -2.33. The minimum absolute atomic E-state index is 0.255. The highest BCUT2D eigenvalue weighted by molar-refractivity contribution is 7.97. The fourth-order valence-electron chi connectivity index (χ4n) is 2.00. The second kappa shape index (κ2) is 9.74. The van der Waals surface area contributed by atoms with Gasteiger partial charge in [-0.3, -0.25) is 4.79 Å². The second-order valence-corrected chi connectivity index (χ2v) is 6.42. The summed E-state index contributed by atoms with van der Waals surface area (Å²) in [6.07, 6.45) is -0.475. The first-order valence-electron chi connectivity index (χ1n) is 7.37. The van der Waals surface area contributed by atoms with Crippen molar-refractivity contribution in [2.75, 3.05) is 20.8 Å². The average molecular weight is 370 g/mol. The maximum atomic E-state index is 12.0. The van der Waals surface area contributed by atoms with Crippen molar-refractivity contribution in [3.05, 3.63) is 58.5 Å². The third-order valence-corrected chi connectivity index (χ3v) is 4.50. The van der Waals surface area contributed by atoms with Gasteiger partial charge in [-0.2, -0.15) is 0 Å². The molecule has 0 aliphatic heterocycles. The molecular formula is C17H20ClNO4S. The van der Waals surface area contributed by atoms with Gasteiger partial charge in [0, 0.05) is 25.0 Å². The minimum Gasteiger partial charge on any atom is -0.455 e. The fraction of sp³-hybridized carbons (Fsp3) is 0.353. The first-order valence-corrected chi connectivity index (χ1v) is 8.90. The largest absolute Gasteiger partial charge is 0.455 e. The number of methoxy groups -OCH3 is 2. The van der Waals surface area contributed by atoms with Crippen LogP contribution < -0.4 is 5.32 Å². The molecule has 0 saturated heterocycles. The van der Waals surface area contributed by atoms with E-state index < -0.39 is 6.29 Å². The number of amides is 1. The summed E-state index contributed by atoms with van der Waals surface area (Å²) in [4.78, 5) is 12.0. The molecule has 0 aliphatic rings. The monoisotopic (exact) mass is 369 g/mol. The van der Waals surface area contributed by atoms with Crippen LogP contribution in [0, 0.1) is 0 Å². The van der Waals surface area contributed by atoms with Gasteiger partial charge < -0.3 is 19.2 Å². The van der Waals surface area contributed by atoms with Crippen molar-refractivity contribution < 1.29 is 18.7 Å². The zero-order valence-corrected chi connectivity index (χ0v) is 15.2. The lowest BCUT2D eigenvalue weighted by atomic mass is 10.2. The van der Waals surface area contributed by atoms with Gasteiger partial charge >= 0.3 is 0 Å². The van der Waals surface area contributed by atoms with Crippen molar-refractivity contribution in [2.24, 2.45) is 0 Å². The normalized spacial score (nSPS) is 11.0. The third kappa shape index (κ3) is 5.87. The van der Waals surface area contributed by atoms with Crippen LogP contribution in [0.15, 0.2) is 40.8 Å². The molecule has 5 nitrogen and oxygen atoms in total. The van der Waals surface area contributed by atoms with Crippen molar-refractivity contribution in [3.8, 4) is 0 Å².